The van der Waals surface area contributed by atoms with Crippen LogP contribution in [0.5, 0.6) is 5.75 Å². The van der Waals surface area contributed by atoms with Crippen LogP contribution in [-0.4, -0.2) is 47.1 Å². The van der Waals surface area contributed by atoms with Gasteiger partial charge in [0.05, 0.1) is 5.69 Å². The van der Waals surface area contributed by atoms with Gasteiger partial charge in [0.2, 0.25) is 0 Å². The molecule has 0 aromatic heterocycles. The molecule has 2 aromatic rings. The highest BCUT2D eigenvalue weighted by atomic mass is 32.1. The van der Waals surface area contributed by atoms with Gasteiger partial charge in [-0.3, -0.25) is 19.4 Å². The smallest absolute Gasteiger partial charge is 0.270 e. The molecule has 0 spiro atoms. The summed E-state index contributed by atoms with van der Waals surface area (Å²) < 4.78 is 0. The van der Waals surface area contributed by atoms with Gasteiger partial charge in [-0.05, 0) is 56.4 Å². The highest BCUT2D eigenvalue weighted by Crippen LogP contribution is 2.29. The lowest BCUT2D eigenvalue weighted by Gasteiger charge is -2.34. The first kappa shape index (κ1) is 20.5. The molecule has 1 saturated heterocycles. The van der Waals surface area contributed by atoms with Crippen LogP contribution < -0.4 is 9.80 Å². The standard InChI is InChI=1S/C22H23N3O3S/c1-4-24(5-2)17-12-11-15(19(26)14-17)13-18-20(27)23(3)22(29)25(21(18)28)16-9-7-6-8-10-16/h6-14,26H,4-5H2,1-3H3/b18-13-. The SMILES string of the molecule is CCN(CC)c1ccc(/C=C2/C(=O)N(C)C(=S)N(c3ccccc3)C2=O)c(O)c1. The lowest BCUT2D eigenvalue weighted by atomic mass is 10.0. The third-order valence-electron chi connectivity index (χ3n) is 4.90. The van der Waals surface area contributed by atoms with Crippen LogP contribution in [0.15, 0.2) is 54.1 Å². The average Bonchev–Trinajstić information content (AvgIpc) is 2.73. The number of phenols is 1. The molecule has 0 unspecified atom stereocenters. The van der Waals surface area contributed by atoms with E-state index in [1.165, 1.54) is 22.9 Å². The molecule has 150 valence electrons. The summed E-state index contributed by atoms with van der Waals surface area (Å²) in [6.07, 6.45) is 1.42. The quantitative estimate of drug-likeness (QED) is 0.466. The summed E-state index contributed by atoms with van der Waals surface area (Å²) in [4.78, 5) is 30.5. The van der Waals surface area contributed by atoms with E-state index in [-0.39, 0.29) is 16.4 Å². The summed E-state index contributed by atoms with van der Waals surface area (Å²) in [5.74, 6) is -1.01. The van der Waals surface area contributed by atoms with Crippen LogP contribution in [0, 0.1) is 0 Å². The predicted octanol–water partition coefficient (Wildman–Crippen LogP) is 3.41. The summed E-state index contributed by atoms with van der Waals surface area (Å²) in [7, 11) is 1.53. The van der Waals surface area contributed by atoms with Crippen molar-refractivity contribution in [3.63, 3.8) is 0 Å². The van der Waals surface area contributed by atoms with E-state index in [0.29, 0.717) is 11.3 Å². The number of rotatable bonds is 5. The van der Waals surface area contributed by atoms with Crippen LogP contribution in [0.2, 0.25) is 0 Å². The molecule has 3 rings (SSSR count). The number of benzene rings is 2. The molecule has 29 heavy (non-hydrogen) atoms. The van der Waals surface area contributed by atoms with Crippen molar-refractivity contribution in [2.75, 3.05) is 29.9 Å². The molecule has 2 aromatic carbocycles. The number of hydrogen-bond acceptors (Lipinski definition) is 5. The van der Waals surface area contributed by atoms with Crippen LogP contribution in [-0.2, 0) is 9.59 Å². The number of anilines is 2. The van der Waals surface area contributed by atoms with Gasteiger partial charge in [0, 0.05) is 37.5 Å². The van der Waals surface area contributed by atoms with Crippen molar-refractivity contribution in [2.45, 2.75) is 13.8 Å². The van der Waals surface area contributed by atoms with E-state index >= 15 is 0 Å². The number of carbonyl (C=O) groups is 2. The number of para-hydroxylation sites is 1. The van der Waals surface area contributed by atoms with Crippen molar-refractivity contribution < 1.29 is 14.7 Å². The van der Waals surface area contributed by atoms with Crippen LogP contribution in [0.3, 0.4) is 0 Å². The minimum Gasteiger partial charge on any atom is -0.507 e. The maximum atomic E-state index is 13.1. The number of amides is 2. The number of nitrogens with zero attached hydrogens (tertiary/aromatic N) is 3. The lowest BCUT2D eigenvalue weighted by molar-refractivity contribution is -0.127. The largest absolute Gasteiger partial charge is 0.507 e. The average molecular weight is 410 g/mol. The van der Waals surface area contributed by atoms with Gasteiger partial charge in [-0.1, -0.05) is 18.2 Å². The molecule has 1 fully saturated rings. The Kier molecular flexibility index (Phi) is 5.98. The molecule has 0 bridgehead atoms. The van der Waals surface area contributed by atoms with Gasteiger partial charge in [-0.15, -0.1) is 0 Å². The number of aromatic hydroxyl groups is 1. The van der Waals surface area contributed by atoms with Gasteiger partial charge < -0.3 is 10.0 Å². The molecule has 1 aliphatic heterocycles. The molecule has 0 atom stereocenters. The van der Waals surface area contributed by atoms with E-state index in [4.69, 9.17) is 12.2 Å². The molecule has 7 heteroatoms. The first-order valence-electron chi connectivity index (χ1n) is 9.40. The molecule has 0 radical (unpaired) electrons. The second kappa shape index (κ2) is 8.45. The summed E-state index contributed by atoms with van der Waals surface area (Å²) in [5, 5.41) is 10.6. The van der Waals surface area contributed by atoms with E-state index in [9.17, 15) is 14.7 Å². The molecule has 1 aliphatic rings. The number of thiocarbonyl (C=S) groups is 1. The maximum Gasteiger partial charge on any atom is 0.270 e. The Morgan fingerprint density at radius 2 is 1.69 bits per heavy atom. The second-order valence-electron chi connectivity index (χ2n) is 6.60. The zero-order valence-electron chi connectivity index (χ0n) is 16.6. The second-order valence-corrected chi connectivity index (χ2v) is 6.96. The van der Waals surface area contributed by atoms with Crippen molar-refractivity contribution in [2.24, 2.45) is 0 Å². The van der Waals surface area contributed by atoms with Crippen LogP contribution >= 0.6 is 12.2 Å². The van der Waals surface area contributed by atoms with Crippen LogP contribution in [0.1, 0.15) is 19.4 Å². The highest BCUT2D eigenvalue weighted by molar-refractivity contribution is 7.80. The van der Waals surface area contributed by atoms with Gasteiger partial charge >= 0.3 is 0 Å². The normalized spacial score (nSPS) is 16.0. The van der Waals surface area contributed by atoms with E-state index in [2.05, 4.69) is 4.90 Å². The first-order valence-corrected chi connectivity index (χ1v) is 9.81. The molecule has 6 nitrogen and oxygen atoms in total. The van der Waals surface area contributed by atoms with E-state index in [0.717, 1.165) is 18.8 Å². The molecular formula is C22H23N3O3S. The van der Waals surface area contributed by atoms with Gasteiger partial charge in [0.25, 0.3) is 11.8 Å². The van der Waals surface area contributed by atoms with Crippen LogP contribution in [0.25, 0.3) is 6.08 Å². The van der Waals surface area contributed by atoms with Gasteiger partial charge in [-0.2, -0.15) is 0 Å². The van der Waals surface area contributed by atoms with E-state index in [1.54, 1.807) is 36.4 Å². The van der Waals surface area contributed by atoms with E-state index < -0.39 is 11.8 Å². The summed E-state index contributed by atoms with van der Waals surface area (Å²) in [5.41, 5.74) is 1.79. The fraction of sp³-hybridized carbons (Fsp3) is 0.227. The Bertz CT molecular complexity index is 984. The van der Waals surface area contributed by atoms with Crippen molar-refractivity contribution >= 4 is 46.6 Å². The van der Waals surface area contributed by atoms with Gasteiger partial charge in [0.15, 0.2) is 5.11 Å². The van der Waals surface area contributed by atoms with Crippen molar-refractivity contribution in [1.29, 1.82) is 0 Å². The third kappa shape index (κ3) is 3.86. The van der Waals surface area contributed by atoms with Gasteiger partial charge in [0.1, 0.15) is 11.3 Å². The Labute approximate surface area is 175 Å². The lowest BCUT2D eigenvalue weighted by Crippen LogP contribution is -2.54. The minimum atomic E-state index is -0.517. The maximum absolute atomic E-state index is 13.1. The zero-order valence-corrected chi connectivity index (χ0v) is 17.4. The predicted molar refractivity (Wildman–Crippen MR) is 119 cm³/mol. The minimum absolute atomic E-state index is 0.00423. The number of phenolic OH excluding ortho intramolecular Hbond substituents is 1. The molecule has 2 amide bonds. The summed E-state index contributed by atoms with van der Waals surface area (Å²) >= 11 is 5.33. The Morgan fingerprint density at radius 1 is 1.03 bits per heavy atom. The zero-order chi connectivity index (χ0) is 21.1. The molecule has 1 N–H and O–H groups in total. The summed E-state index contributed by atoms with van der Waals surface area (Å²) in [6, 6.07) is 14.1. The summed E-state index contributed by atoms with van der Waals surface area (Å²) in [6.45, 7) is 5.68. The molecule has 1 heterocycles. The Balaban J connectivity index is 2.02. The number of carbonyl (C=O) groups excluding carboxylic acids is 2. The third-order valence-corrected chi connectivity index (χ3v) is 5.36. The van der Waals surface area contributed by atoms with Gasteiger partial charge in [-0.25, -0.2) is 0 Å². The van der Waals surface area contributed by atoms with Crippen LogP contribution in [0.4, 0.5) is 11.4 Å². The topological polar surface area (TPSA) is 64.1 Å². The first-order chi connectivity index (χ1) is 13.9. The van der Waals surface area contributed by atoms with Crippen molar-refractivity contribution in [1.82, 2.24) is 4.90 Å². The molecular weight excluding hydrogens is 386 g/mol. The fourth-order valence-corrected chi connectivity index (χ4v) is 3.51. The number of hydrogen-bond donors (Lipinski definition) is 1. The van der Waals surface area contributed by atoms with Crippen molar-refractivity contribution in [3.05, 3.63) is 59.7 Å². The molecule has 0 aliphatic carbocycles. The Morgan fingerprint density at radius 3 is 2.28 bits per heavy atom. The fourth-order valence-electron chi connectivity index (χ4n) is 3.24. The van der Waals surface area contributed by atoms with Crippen molar-refractivity contribution in [3.8, 4) is 5.75 Å². The highest BCUT2D eigenvalue weighted by Gasteiger charge is 2.38. The monoisotopic (exact) mass is 409 g/mol. The number of likely N-dealkylation sites (N-methyl/N-ethyl adjacent to an activating group) is 1. The molecule has 0 saturated carbocycles. The van der Waals surface area contributed by atoms with E-state index in [1.807, 2.05) is 26.0 Å². The Hall–Kier alpha value is -3.19.